The topological polar surface area (TPSA) is 40.5 Å². The maximum absolute atomic E-state index is 10.0. The van der Waals surface area contributed by atoms with Gasteiger partial charge in [-0.3, -0.25) is 0 Å². The second kappa shape index (κ2) is 4.37. The van der Waals surface area contributed by atoms with Crippen LogP contribution in [-0.2, 0) is 0 Å². The van der Waals surface area contributed by atoms with Crippen LogP contribution in [0, 0.1) is 0 Å². The zero-order chi connectivity index (χ0) is 12.5. The van der Waals surface area contributed by atoms with E-state index in [0.29, 0.717) is 24.4 Å². The van der Waals surface area contributed by atoms with Gasteiger partial charge >= 0.3 is 0 Å². The van der Waals surface area contributed by atoms with E-state index in [4.69, 9.17) is 0 Å². The van der Waals surface area contributed by atoms with Gasteiger partial charge in [-0.1, -0.05) is 24.3 Å². The fourth-order valence-electron chi connectivity index (χ4n) is 2.47. The second-order valence-corrected chi connectivity index (χ2v) is 4.91. The molecule has 0 unspecified atom stereocenters. The predicted molar refractivity (Wildman–Crippen MR) is 72.2 cm³/mol. The second-order valence-electron chi connectivity index (χ2n) is 4.91. The van der Waals surface area contributed by atoms with Crippen LogP contribution in [0.2, 0.25) is 0 Å². The fourth-order valence-corrected chi connectivity index (χ4v) is 2.47. The first-order valence-corrected chi connectivity index (χ1v) is 6.34. The molecule has 2 nitrogen and oxygen atoms in total. The highest BCUT2D eigenvalue weighted by Crippen LogP contribution is 2.29. The summed E-state index contributed by atoms with van der Waals surface area (Å²) in [7, 11) is 0. The van der Waals surface area contributed by atoms with Gasteiger partial charge in [-0.2, -0.15) is 0 Å². The Morgan fingerprint density at radius 1 is 0.611 bits per heavy atom. The summed E-state index contributed by atoms with van der Waals surface area (Å²) in [6.07, 6.45) is 14.9. The van der Waals surface area contributed by atoms with Gasteiger partial charge in [0.05, 0.1) is 11.5 Å². The molecule has 0 aromatic carbocycles. The Kier molecular flexibility index (Phi) is 2.71. The number of fused-ring (bicyclic) bond motifs is 2. The summed E-state index contributed by atoms with van der Waals surface area (Å²) in [5.41, 5.74) is 4.15. The molecule has 3 aliphatic rings. The molecule has 0 saturated heterocycles. The van der Waals surface area contributed by atoms with Gasteiger partial charge in [0.2, 0.25) is 0 Å². The number of allylic oxidation sites excluding steroid dienone is 12. The van der Waals surface area contributed by atoms with Crippen molar-refractivity contribution in [2.45, 2.75) is 25.7 Å². The van der Waals surface area contributed by atoms with E-state index in [9.17, 15) is 10.2 Å². The highest BCUT2D eigenvalue weighted by Gasteiger charge is 2.13. The minimum atomic E-state index is 0.456. The lowest BCUT2D eigenvalue weighted by atomic mass is 10.0. The summed E-state index contributed by atoms with van der Waals surface area (Å²) in [6.45, 7) is 0. The molecule has 3 aliphatic carbocycles. The van der Waals surface area contributed by atoms with Gasteiger partial charge in [0, 0.05) is 24.0 Å². The third-order valence-corrected chi connectivity index (χ3v) is 3.60. The number of hydrogen-bond acceptors (Lipinski definition) is 2. The summed E-state index contributed by atoms with van der Waals surface area (Å²) in [6, 6.07) is 0. The van der Waals surface area contributed by atoms with E-state index in [0.717, 1.165) is 35.1 Å². The van der Waals surface area contributed by atoms with Crippen molar-refractivity contribution in [3.8, 4) is 0 Å². The average molecular weight is 240 g/mol. The molecule has 0 atom stereocenters. The molecule has 0 fully saturated rings. The molecule has 0 aromatic rings. The fraction of sp³-hybridized carbons (Fsp3) is 0.250. The molecule has 0 heterocycles. The summed E-state index contributed by atoms with van der Waals surface area (Å²) in [4.78, 5) is 0. The van der Waals surface area contributed by atoms with E-state index in [1.807, 2.05) is 36.5 Å². The summed E-state index contributed by atoms with van der Waals surface area (Å²) in [5.74, 6) is 0.913. The molecular formula is C16H16O2. The summed E-state index contributed by atoms with van der Waals surface area (Å²) in [5, 5.41) is 20.1. The van der Waals surface area contributed by atoms with Gasteiger partial charge in [0.25, 0.3) is 0 Å². The molecule has 2 N–H and O–H groups in total. The molecule has 0 aliphatic heterocycles. The van der Waals surface area contributed by atoms with E-state index in [2.05, 4.69) is 0 Å². The van der Waals surface area contributed by atoms with Crippen LogP contribution in [0.5, 0.6) is 0 Å². The van der Waals surface area contributed by atoms with Gasteiger partial charge in [-0.15, -0.1) is 0 Å². The van der Waals surface area contributed by atoms with Crippen LogP contribution >= 0.6 is 0 Å². The van der Waals surface area contributed by atoms with Gasteiger partial charge < -0.3 is 10.2 Å². The monoisotopic (exact) mass is 240 g/mol. The molecule has 0 radical (unpaired) electrons. The van der Waals surface area contributed by atoms with Crippen LogP contribution in [0.25, 0.3) is 0 Å². The maximum Gasteiger partial charge on any atom is 0.0998 e. The van der Waals surface area contributed by atoms with Crippen LogP contribution in [0.15, 0.2) is 70.3 Å². The predicted octanol–water partition coefficient (Wildman–Crippen LogP) is 4.18. The Balaban J connectivity index is 1.95. The third kappa shape index (κ3) is 2.06. The van der Waals surface area contributed by atoms with Gasteiger partial charge in [-0.05, 0) is 36.1 Å². The molecule has 0 amide bonds. The number of aliphatic hydroxyl groups is 2. The van der Waals surface area contributed by atoms with Crippen molar-refractivity contribution in [2.24, 2.45) is 0 Å². The lowest BCUT2D eigenvalue weighted by Crippen LogP contribution is -1.90. The van der Waals surface area contributed by atoms with Crippen molar-refractivity contribution >= 4 is 0 Å². The van der Waals surface area contributed by atoms with Crippen LogP contribution in [0.3, 0.4) is 0 Å². The van der Waals surface area contributed by atoms with Crippen LogP contribution in [0.1, 0.15) is 25.7 Å². The zero-order valence-electron chi connectivity index (χ0n) is 10.2. The van der Waals surface area contributed by atoms with Crippen molar-refractivity contribution in [3.05, 3.63) is 70.3 Å². The quantitative estimate of drug-likeness (QED) is 0.667. The lowest BCUT2D eigenvalue weighted by molar-refractivity contribution is 0.384. The van der Waals surface area contributed by atoms with Crippen molar-refractivity contribution in [1.82, 2.24) is 0 Å². The van der Waals surface area contributed by atoms with Crippen molar-refractivity contribution < 1.29 is 10.2 Å². The molecule has 0 aromatic heterocycles. The highest BCUT2D eigenvalue weighted by molar-refractivity contribution is 5.50. The smallest absolute Gasteiger partial charge is 0.0998 e. The molecule has 3 rings (SSSR count). The molecule has 4 bridgehead atoms. The minimum Gasteiger partial charge on any atom is -0.512 e. The van der Waals surface area contributed by atoms with Gasteiger partial charge in [0.1, 0.15) is 0 Å². The van der Waals surface area contributed by atoms with Crippen LogP contribution in [-0.4, -0.2) is 10.2 Å². The van der Waals surface area contributed by atoms with E-state index in [1.165, 1.54) is 0 Å². The summed E-state index contributed by atoms with van der Waals surface area (Å²) < 4.78 is 0. The summed E-state index contributed by atoms with van der Waals surface area (Å²) >= 11 is 0. The number of aliphatic hydroxyl groups excluding tert-OH is 2. The Bertz CT molecular complexity index is 514. The molecular weight excluding hydrogens is 224 g/mol. The largest absolute Gasteiger partial charge is 0.512 e. The number of rotatable bonds is 0. The first kappa shape index (κ1) is 11.1. The van der Waals surface area contributed by atoms with Gasteiger partial charge in [0.15, 0.2) is 0 Å². The van der Waals surface area contributed by atoms with E-state index in [1.54, 1.807) is 0 Å². The van der Waals surface area contributed by atoms with Gasteiger partial charge in [-0.25, -0.2) is 0 Å². The third-order valence-electron chi connectivity index (χ3n) is 3.60. The first-order chi connectivity index (χ1) is 8.72. The molecule has 92 valence electrons. The average Bonchev–Trinajstić information content (AvgIpc) is 3.01. The van der Waals surface area contributed by atoms with Crippen molar-refractivity contribution in [3.63, 3.8) is 0 Å². The molecule has 18 heavy (non-hydrogen) atoms. The zero-order valence-corrected chi connectivity index (χ0v) is 10.2. The normalized spacial score (nSPS) is 22.9. The van der Waals surface area contributed by atoms with Crippen LogP contribution in [0.4, 0.5) is 0 Å². The van der Waals surface area contributed by atoms with Crippen molar-refractivity contribution in [2.75, 3.05) is 0 Å². The minimum absolute atomic E-state index is 0.456. The standard InChI is InChI=1S/C16H16O2/c17-15-8-4-12-2-6-14(10-12)16(18)7-3-11-1-5-13(15)9-11/h1-2,5-6,9-10,17-18H,3-4,7-8H2. The van der Waals surface area contributed by atoms with Crippen LogP contribution < -0.4 is 0 Å². The first-order valence-electron chi connectivity index (χ1n) is 6.34. The Labute approximate surface area is 107 Å². The lowest BCUT2D eigenvalue weighted by Gasteiger charge is -2.05. The maximum atomic E-state index is 10.0. The molecule has 2 heteroatoms. The Hall–Kier alpha value is -1.96. The van der Waals surface area contributed by atoms with E-state index in [-0.39, 0.29) is 0 Å². The highest BCUT2D eigenvalue weighted by atomic mass is 16.3. The van der Waals surface area contributed by atoms with E-state index >= 15 is 0 Å². The van der Waals surface area contributed by atoms with Crippen molar-refractivity contribution in [1.29, 1.82) is 0 Å². The van der Waals surface area contributed by atoms with E-state index < -0.39 is 0 Å². The Morgan fingerprint density at radius 3 is 1.50 bits per heavy atom. The SMILES string of the molecule is OC1=C2C=CC(=C2)CCC(O)=C2C=CC(=C2)CC1. The Morgan fingerprint density at radius 2 is 1.06 bits per heavy atom. The molecule has 0 spiro atoms. The number of hydrogen-bond donors (Lipinski definition) is 2. The molecule has 0 saturated carbocycles.